The van der Waals surface area contributed by atoms with Gasteiger partial charge >= 0.3 is 5.97 Å². The van der Waals surface area contributed by atoms with Crippen molar-refractivity contribution in [2.24, 2.45) is 11.8 Å². The molecule has 2 N–H and O–H groups in total. The molecule has 0 aromatic rings. The van der Waals surface area contributed by atoms with Crippen LogP contribution in [0.1, 0.15) is 19.3 Å². The van der Waals surface area contributed by atoms with Gasteiger partial charge in [-0.15, -0.1) is 0 Å². The highest BCUT2D eigenvalue weighted by Gasteiger charge is 2.47. The zero-order chi connectivity index (χ0) is 13.8. The summed E-state index contributed by atoms with van der Waals surface area (Å²) in [6, 6.07) is -0.485. The average molecular weight is 270 g/mol. The molecule has 0 aromatic heterocycles. The molecule has 1 aliphatic carbocycles. The Morgan fingerprint density at radius 1 is 1.42 bits per heavy atom. The van der Waals surface area contributed by atoms with E-state index < -0.39 is 12.0 Å². The van der Waals surface area contributed by atoms with Crippen LogP contribution in [-0.2, 0) is 14.3 Å². The SMILES string of the molecule is COCCNC(=O)CN1CC2CCCC2C1C(=O)O. The molecule has 0 aromatic carbocycles. The van der Waals surface area contributed by atoms with Crippen molar-refractivity contribution < 1.29 is 19.4 Å². The number of methoxy groups -OCH3 is 1. The number of hydrogen-bond acceptors (Lipinski definition) is 4. The summed E-state index contributed by atoms with van der Waals surface area (Å²) in [6.07, 6.45) is 3.19. The summed E-state index contributed by atoms with van der Waals surface area (Å²) in [5.41, 5.74) is 0. The second-order valence-corrected chi connectivity index (χ2v) is 5.41. The number of carboxylic acids is 1. The number of carbonyl (C=O) groups is 2. The van der Waals surface area contributed by atoms with E-state index in [9.17, 15) is 14.7 Å². The molecule has 0 bridgehead atoms. The van der Waals surface area contributed by atoms with Crippen LogP contribution in [-0.4, -0.2) is 61.3 Å². The van der Waals surface area contributed by atoms with E-state index >= 15 is 0 Å². The summed E-state index contributed by atoms with van der Waals surface area (Å²) in [7, 11) is 1.58. The van der Waals surface area contributed by atoms with Crippen LogP contribution in [0.4, 0.5) is 0 Å². The van der Waals surface area contributed by atoms with Crippen LogP contribution in [0, 0.1) is 11.8 Å². The van der Waals surface area contributed by atoms with E-state index in [0.29, 0.717) is 19.1 Å². The van der Waals surface area contributed by atoms with E-state index in [1.807, 2.05) is 4.90 Å². The van der Waals surface area contributed by atoms with Crippen molar-refractivity contribution in [3.05, 3.63) is 0 Å². The molecule has 6 heteroatoms. The van der Waals surface area contributed by atoms with E-state index in [1.54, 1.807) is 7.11 Å². The molecular weight excluding hydrogens is 248 g/mol. The fourth-order valence-electron chi connectivity index (χ4n) is 3.43. The second kappa shape index (κ2) is 6.34. The monoisotopic (exact) mass is 270 g/mol. The number of amides is 1. The number of ether oxygens (including phenoxy) is 1. The molecule has 1 saturated carbocycles. The van der Waals surface area contributed by atoms with Crippen LogP contribution in [0.2, 0.25) is 0 Å². The Kier molecular flexibility index (Phi) is 4.76. The first-order valence-corrected chi connectivity index (χ1v) is 6.86. The molecule has 0 spiro atoms. The number of nitrogens with zero attached hydrogens (tertiary/aromatic N) is 1. The number of rotatable bonds is 6. The minimum atomic E-state index is -0.793. The summed E-state index contributed by atoms with van der Waals surface area (Å²) in [5.74, 6) is -0.237. The Balaban J connectivity index is 1.88. The van der Waals surface area contributed by atoms with Crippen molar-refractivity contribution in [2.45, 2.75) is 25.3 Å². The minimum absolute atomic E-state index is 0.122. The largest absolute Gasteiger partial charge is 0.480 e. The molecule has 1 aliphatic heterocycles. The third-order valence-corrected chi connectivity index (χ3v) is 4.21. The topological polar surface area (TPSA) is 78.9 Å². The lowest BCUT2D eigenvalue weighted by Crippen LogP contribution is -2.45. The number of likely N-dealkylation sites (tertiary alicyclic amines) is 1. The van der Waals surface area contributed by atoms with E-state index in [-0.39, 0.29) is 18.4 Å². The van der Waals surface area contributed by atoms with Crippen molar-refractivity contribution in [3.8, 4) is 0 Å². The van der Waals surface area contributed by atoms with Gasteiger partial charge in [0.05, 0.1) is 13.2 Å². The number of nitrogens with one attached hydrogen (secondary N) is 1. The van der Waals surface area contributed by atoms with E-state index in [2.05, 4.69) is 5.32 Å². The van der Waals surface area contributed by atoms with Gasteiger partial charge in [-0.05, 0) is 24.7 Å². The molecular formula is C13H22N2O4. The summed E-state index contributed by atoms with van der Waals surface area (Å²) in [4.78, 5) is 25.0. The number of carbonyl (C=O) groups excluding carboxylic acids is 1. The Bertz CT molecular complexity index is 348. The highest BCUT2D eigenvalue weighted by atomic mass is 16.5. The molecule has 3 atom stereocenters. The van der Waals surface area contributed by atoms with Crippen LogP contribution in [0.3, 0.4) is 0 Å². The molecule has 6 nitrogen and oxygen atoms in total. The van der Waals surface area contributed by atoms with Crippen molar-refractivity contribution in [2.75, 3.05) is 33.4 Å². The second-order valence-electron chi connectivity index (χ2n) is 5.41. The van der Waals surface area contributed by atoms with Gasteiger partial charge in [0.25, 0.3) is 0 Å². The number of carboxylic acid groups (broad SMARTS) is 1. The minimum Gasteiger partial charge on any atom is -0.480 e. The Morgan fingerprint density at radius 2 is 2.21 bits per heavy atom. The van der Waals surface area contributed by atoms with Crippen LogP contribution < -0.4 is 5.32 Å². The zero-order valence-corrected chi connectivity index (χ0v) is 11.3. The van der Waals surface area contributed by atoms with Crippen LogP contribution in [0.15, 0.2) is 0 Å². The van der Waals surface area contributed by atoms with Gasteiger partial charge in [-0.1, -0.05) is 6.42 Å². The fourth-order valence-corrected chi connectivity index (χ4v) is 3.43. The third kappa shape index (κ3) is 3.25. The highest BCUT2D eigenvalue weighted by Crippen LogP contribution is 2.41. The summed E-state index contributed by atoms with van der Waals surface area (Å²) >= 11 is 0. The van der Waals surface area contributed by atoms with E-state index in [1.165, 1.54) is 0 Å². The standard InChI is InChI=1S/C13H22N2O4/c1-19-6-5-14-11(16)8-15-7-9-3-2-4-10(9)12(15)13(17)18/h9-10,12H,2-8H2,1H3,(H,14,16)(H,17,18). The van der Waals surface area contributed by atoms with Gasteiger partial charge in [0, 0.05) is 20.2 Å². The Labute approximate surface area is 113 Å². The highest BCUT2D eigenvalue weighted by molar-refractivity contribution is 5.80. The number of aliphatic carboxylic acids is 1. The lowest BCUT2D eigenvalue weighted by atomic mass is 9.94. The summed E-state index contributed by atoms with van der Waals surface area (Å²) < 4.78 is 4.86. The molecule has 19 heavy (non-hydrogen) atoms. The first-order chi connectivity index (χ1) is 9.13. The smallest absolute Gasteiger partial charge is 0.321 e. The first-order valence-electron chi connectivity index (χ1n) is 6.86. The van der Waals surface area contributed by atoms with Gasteiger partial charge in [-0.25, -0.2) is 0 Å². The zero-order valence-electron chi connectivity index (χ0n) is 11.3. The van der Waals surface area contributed by atoms with Crippen LogP contribution >= 0.6 is 0 Å². The van der Waals surface area contributed by atoms with Gasteiger partial charge < -0.3 is 15.2 Å². The first kappa shape index (κ1) is 14.3. The molecule has 0 radical (unpaired) electrons. The quantitative estimate of drug-likeness (QED) is 0.661. The van der Waals surface area contributed by atoms with Crippen molar-refractivity contribution in [1.82, 2.24) is 10.2 Å². The number of fused-ring (bicyclic) bond motifs is 1. The van der Waals surface area contributed by atoms with Gasteiger partial charge in [0.1, 0.15) is 6.04 Å². The lowest BCUT2D eigenvalue weighted by Gasteiger charge is -2.23. The molecule has 1 heterocycles. The molecule has 108 valence electrons. The van der Waals surface area contributed by atoms with Crippen LogP contribution in [0.5, 0.6) is 0 Å². The summed E-state index contributed by atoms with van der Waals surface area (Å²) in [6.45, 7) is 1.85. The maximum Gasteiger partial charge on any atom is 0.321 e. The molecule has 2 aliphatic rings. The van der Waals surface area contributed by atoms with Crippen LogP contribution in [0.25, 0.3) is 0 Å². The van der Waals surface area contributed by atoms with Gasteiger partial charge in [0.15, 0.2) is 0 Å². The van der Waals surface area contributed by atoms with Gasteiger partial charge in [0.2, 0.25) is 5.91 Å². The van der Waals surface area contributed by atoms with Crippen molar-refractivity contribution in [1.29, 1.82) is 0 Å². The predicted octanol–water partition coefficient (Wildman–Crippen LogP) is -0.0659. The molecule has 1 amide bonds. The van der Waals surface area contributed by atoms with Gasteiger partial charge in [-0.2, -0.15) is 0 Å². The Hall–Kier alpha value is -1.14. The predicted molar refractivity (Wildman–Crippen MR) is 68.7 cm³/mol. The molecule has 2 fully saturated rings. The number of hydrogen-bond donors (Lipinski definition) is 2. The van der Waals surface area contributed by atoms with E-state index in [4.69, 9.17) is 4.74 Å². The third-order valence-electron chi connectivity index (χ3n) is 4.21. The molecule has 2 rings (SSSR count). The lowest BCUT2D eigenvalue weighted by molar-refractivity contribution is -0.144. The van der Waals surface area contributed by atoms with Crippen molar-refractivity contribution in [3.63, 3.8) is 0 Å². The summed E-state index contributed by atoms with van der Waals surface area (Å²) in [5, 5.41) is 12.1. The van der Waals surface area contributed by atoms with E-state index in [0.717, 1.165) is 25.8 Å². The Morgan fingerprint density at radius 3 is 2.89 bits per heavy atom. The average Bonchev–Trinajstić information content (AvgIpc) is 2.88. The fraction of sp³-hybridized carbons (Fsp3) is 0.846. The van der Waals surface area contributed by atoms with Gasteiger partial charge in [-0.3, -0.25) is 14.5 Å². The van der Waals surface area contributed by atoms with Crippen molar-refractivity contribution >= 4 is 11.9 Å². The molecule has 1 saturated heterocycles. The maximum absolute atomic E-state index is 11.8. The molecule has 3 unspecified atom stereocenters. The normalized spacial score (nSPS) is 30.3. The maximum atomic E-state index is 11.8.